The zero-order valence-corrected chi connectivity index (χ0v) is 6.06. The van der Waals surface area contributed by atoms with E-state index in [1.165, 1.54) is 0 Å². The van der Waals surface area contributed by atoms with Gasteiger partial charge in [-0.3, -0.25) is 8.74 Å². The van der Waals surface area contributed by atoms with E-state index in [2.05, 4.69) is 4.18 Å². The average Bonchev–Trinajstić information content (AvgIpc) is 1.63. The minimum atomic E-state index is -2.25. The second kappa shape index (κ2) is 5.13. The van der Waals surface area contributed by atoms with E-state index in [0.717, 1.165) is 0 Å². The molecule has 0 aromatic carbocycles. The first-order valence-corrected chi connectivity index (χ1v) is 3.66. The maximum Gasteiger partial charge on any atom is 0.301 e. The smallest absolute Gasteiger partial charge is 0.301 e. The summed E-state index contributed by atoms with van der Waals surface area (Å²) in [5, 5.41) is 8.37. The van der Waals surface area contributed by atoms with Crippen LogP contribution in [-0.2, 0) is 15.5 Å². The second-order valence-corrected chi connectivity index (χ2v) is 2.44. The van der Waals surface area contributed by atoms with Gasteiger partial charge in [-0.2, -0.15) is 4.21 Å². The highest BCUT2D eigenvalue weighted by Crippen LogP contribution is 1.96. The minimum absolute atomic E-state index is 0.0201. The van der Waals surface area contributed by atoms with Gasteiger partial charge in [0.05, 0.1) is 6.61 Å². The van der Waals surface area contributed by atoms with Gasteiger partial charge in [-0.25, -0.2) is 0 Å². The number of hydrogen-bond donors (Lipinski definition) is 2. The summed E-state index contributed by atoms with van der Waals surface area (Å²) in [4.78, 5) is 0. The summed E-state index contributed by atoms with van der Waals surface area (Å²) in [5.41, 5.74) is -1.01. The van der Waals surface area contributed by atoms with E-state index in [0.29, 0.717) is 0 Å². The molecule has 2 unspecified atom stereocenters. The first-order chi connectivity index (χ1) is 4.13. The van der Waals surface area contributed by atoms with Crippen molar-refractivity contribution in [2.45, 2.75) is 12.0 Å². The van der Waals surface area contributed by atoms with Crippen molar-refractivity contribution in [1.29, 1.82) is 0 Å². The zero-order valence-electron chi connectivity index (χ0n) is 4.49. The number of alkyl halides is 1. The fraction of sp³-hybridized carbons (Fsp3) is 1.00. The van der Waals surface area contributed by atoms with Gasteiger partial charge in [-0.1, -0.05) is 11.6 Å². The van der Waals surface area contributed by atoms with Crippen LogP contribution in [0.25, 0.3) is 0 Å². The summed E-state index contributed by atoms with van der Waals surface area (Å²) < 4.78 is 21.9. The lowest BCUT2D eigenvalue weighted by molar-refractivity contribution is 0.204. The maximum atomic E-state index is 9.74. The second-order valence-electron chi connectivity index (χ2n) is 1.26. The van der Waals surface area contributed by atoms with Gasteiger partial charge in [0, 0.05) is 6.42 Å². The van der Waals surface area contributed by atoms with Crippen LogP contribution in [-0.4, -0.2) is 26.0 Å². The molecular formula is C3H7ClO4S. The topological polar surface area (TPSA) is 66.8 Å². The minimum Gasteiger partial charge on any atom is -0.378 e. The molecule has 0 aliphatic rings. The summed E-state index contributed by atoms with van der Waals surface area (Å²) >= 11 is 2.80. The molecule has 0 aromatic rings. The van der Waals surface area contributed by atoms with Crippen molar-refractivity contribution in [3.63, 3.8) is 0 Å². The molecule has 56 valence electrons. The van der Waals surface area contributed by atoms with Gasteiger partial charge in [0.2, 0.25) is 0 Å². The summed E-state index contributed by atoms with van der Waals surface area (Å²) in [7, 11) is 0. The number of aliphatic hydroxyl groups excluding tert-OH is 1. The molecule has 0 fully saturated rings. The van der Waals surface area contributed by atoms with Crippen molar-refractivity contribution in [2.24, 2.45) is 0 Å². The molecule has 0 aliphatic heterocycles. The zero-order chi connectivity index (χ0) is 7.28. The fourth-order valence-electron chi connectivity index (χ4n) is 0.217. The Kier molecular flexibility index (Phi) is 5.31. The predicted molar refractivity (Wildman–Crippen MR) is 33.2 cm³/mol. The highest BCUT2D eigenvalue weighted by Gasteiger charge is 1.98. The number of hydrogen-bond acceptors (Lipinski definition) is 3. The summed E-state index contributed by atoms with van der Waals surface area (Å²) in [6.07, 6.45) is 0.147. The third-order valence-electron chi connectivity index (χ3n) is 0.540. The van der Waals surface area contributed by atoms with Gasteiger partial charge in [-0.15, -0.1) is 0 Å². The maximum absolute atomic E-state index is 9.74. The van der Waals surface area contributed by atoms with Crippen molar-refractivity contribution in [3.05, 3.63) is 0 Å². The van der Waals surface area contributed by atoms with E-state index in [-0.39, 0.29) is 13.0 Å². The van der Waals surface area contributed by atoms with Gasteiger partial charge in [0.25, 0.3) is 0 Å². The Hall–Kier alpha value is 0.320. The average molecular weight is 175 g/mol. The highest BCUT2D eigenvalue weighted by molar-refractivity contribution is 7.74. The van der Waals surface area contributed by atoms with Gasteiger partial charge < -0.3 is 5.11 Å². The van der Waals surface area contributed by atoms with Crippen LogP contribution in [0, 0.1) is 0 Å². The van der Waals surface area contributed by atoms with Crippen LogP contribution in [0.3, 0.4) is 0 Å². The molecular weight excluding hydrogens is 168 g/mol. The summed E-state index contributed by atoms with van der Waals surface area (Å²) in [6.45, 7) is -0.0201. The first kappa shape index (κ1) is 9.32. The third kappa shape index (κ3) is 8.32. The van der Waals surface area contributed by atoms with Crippen LogP contribution >= 0.6 is 11.6 Å². The van der Waals surface area contributed by atoms with E-state index < -0.39 is 16.9 Å². The van der Waals surface area contributed by atoms with Crippen LogP contribution in [0.4, 0.5) is 0 Å². The highest BCUT2D eigenvalue weighted by atomic mass is 35.5. The van der Waals surface area contributed by atoms with E-state index in [1.807, 2.05) is 0 Å². The Morgan fingerprint density at radius 2 is 2.33 bits per heavy atom. The van der Waals surface area contributed by atoms with E-state index in [1.54, 1.807) is 0 Å². The quantitative estimate of drug-likeness (QED) is 0.468. The molecule has 0 aromatic heterocycles. The van der Waals surface area contributed by atoms with Crippen LogP contribution in [0.5, 0.6) is 0 Å². The molecule has 2 N–H and O–H groups in total. The molecule has 0 saturated heterocycles. The monoisotopic (exact) mass is 174 g/mol. The lowest BCUT2D eigenvalue weighted by Gasteiger charge is -1.98. The van der Waals surface area contributed by atoms with Crippen molar-refractivity contribution in [1.82, 2.24) is 0 Å². The molecule has 6 heteroatoms. The number of halogens is 1. The molecule has 2 atom stereocenters. The molecule has 0 heterocycles. The predicted octanol–water partition coefficient (Wildman–Crippen LogP) is 0.0870. The first-order valence-electron chi connectivity index (χ1n) is 2.19. The van der Waals surface area contributed by atoms with Crippen LogP contribution in [0.1, 0.15) is 6.42 Å². The molecule has 0 saturated carbocycles. The Bertz CT molecular complexity index is 95.8. The normalized spacial score (nSPS) is 17.2. The van der Waals surface area contributed by atoms with Crippen molar-refractivity contribution >= 4 is 23.0 Å². The van der Waals surface area contributed by atoms with Gasteiger partial charge in [-0.05, 0) is 0 Å². The molecule has 0 rings (SSSR count). The van der Waals surface area contributed by atoms with Crippen LogP contribution in [0.2, 0.25) is 0 Å². The molecule has 0 amide bonds. The van der Waals surface area contributed by atoms with E-state index in [4.69, 9.17) is 21.3 Å². The molecule has 0 radical (unpaired) electrons. The molecule has 4 nitrogen and oxygen atoms in total. The Labute approximate surface area is 60.3 Å². The van der Waals surface area contributed by atoms with E-state index >= 15 is 0 Å². The molecule has 0 bridgehead atoms. The van der Waals surface area contributed by atoms with Crippen molar-refractivity contribution in [3.8, 4) is 0 Å². The fourth-order valence-corrected chi connectivity index (χ4v) is 0.545. The largest absolute Gasteiger partial charge is 0.378 e. The van der Waals surface area contributed by atoms with Gasteiger partial charge >= 0.3 is 11.4 Å². The van der Waals surface area contributed by atoms with Crippen LogP contribution < -0.4 is 0 Å². The van der Waals surface area contributed by atoms with Gasteiger partial charge in [0.15, 0.2) is 0 Å². The number of aliphatic hydroxyl groups is 1. The standard InChI is InChI=1S/C3H7ClO4S/c4-3(5)1-2-8-9(6)7/h3,5H,1-2H2,(H,6,7). The Balaban J connectivity index is 3.01. The molecule has 9 heavy (non-hydrogen) atoms. The lowest BCUT2D eigenvalue weighted by Crippen LogP contribution is -2.04. The van der Waals surface area contributed by atoms with Crippen molar-refractivity contribution in [2.75, 3.05) is 6.61 Å². The van der Waals surface area contributed by atoms with E-state index in [9.17, 15) is 4.21 Å². The van der Waals surface area contributed by atoms with Gasteiger partial charge in [0.1, 0.15) is 5.56 Å². The molecule has 0 aliphatic carbocycles. The summed E-state index contributed by atoms with van der Waals surface area (Å²) in [5.74, 6) is 0. The number of rotatable bonds is 4. The van der Waals surface area contributed by atoms with Crippen LogP contribution in [0.15, 0.2) is 0 Å². The third-order valence-corrected chi connectivity index (χ3v) is 1.13. The Morgan fingerprint density at radius 1 is 1.78 bits per heavy atom. The lowest BCUT2D eigenvalue weighted by atomic mass is 10.5. The molecule has 0 spiro atoms. The summed E-state index contributed by atoms with van der Waals surface area (Å²) in [6, 6.07) is 0. The van der Waals surface area contributed by atoms with Crippen molar-refractivity contribution < 1.29 is 18.1 Å². The SMILES string of the molecule is O=S(O)OCCC(O)Cl. The Morgan fingerprint density at radius 3 is 2.67 bits per heavy atom.